The van der Waals surface area contributed by atoms with Gasteiger partial charge >= 0.3 is 0 Å². The van der Waals surface area contributed by atoms with Crippen LogP contribution in [0.2, 0.25) is 0 Å². The fourth-order valence-corrected chi connectivity index (χ4v) is 3.55. The van der Waals surface area contributed by atoms with Crippen LogP contribution in [0.3, 0.4) is 0 Å². The van der Waals surface area contributed by atoms with E-state index in [2.05, 4.69) is 5.32 Å². The van der Waals surface area contributed by atoms with Crippen molar-refractivity contribution in [3.8, 4) is 0 Å². The van der Waals surface area contributed by atoms with Gasteiger partial charge in [0, 0.05) is 31.6 Å². The van der Waals surface area contributed by atoms with E-state index < -0.39 is 0 Å². The van der Waals surface area contributed by atoms with Crippen LogP contribution in [-0.4, -0.2) is 42.4 Å². The molecule has 3 N–H and O–H groups in total. The summed E-state index contributed by atoms with van der Waals surface area (Å²) < 4.78 is 0. The maximum Gasteiger partial charge on any atom is 0.227 e. The van der Waals surface area contributed by atoms with E-state index in [0.717, 1.165) is 38.5 Å². The maximum absolute atomic E-state index is 12.7. The van der Waals surface area contributed by atoms with Gasteiger partial charge in [-0.25, -0.2) is 0 Å². The molecule has 0 radical (unpaired) electrons. The Balaban J connectivity index is 0.00000220. The number of likely N-dealkylation sites (tertiary alicyclic amines) is 1. The second kappa shape index (κ2) is 7.45. The first-order valence-electron chi connectivity index (χ1n) is 7.75. The van der Waals surface area contributed by atoms with Gasteiger partial charge in [0.2, 0.25) is 11.8 Å². The Morgan fingerprint density at radius 1 is 1.19 bits per heavy atom. The Morgan fingerprint density at radius 2 is 1.81 bits per heavy atom. The monoisotopic (exact) mass is 317 g/mol. The number of nitrogens with two attached hydrogens (primary N) is 1. The lowest BCUT2D eigenvalue weighted by Crippen LogP contribution is -2.55. The highest BCUT2D eigenvalue weighted by atomic mass is 35.5. The van der Waals surface area contributed by atoms with Crippen molar-refractivity contribution in [2.75, 3.05) is 20.1 Å². The Bertz CT molecular complexity index is 379. The largest absolute Gasteiger partial charge is 0.359 e. The molecular weight excluding hydrogens is 290 g/mol. The van der Waals surface area contributed by atoms with Crippen LogP contribution in [0, 0.1) is 11.8 Å². The summed E-state index contributed by atoms with van der Waals surface area (Å²) in [5.74, 6) is 0.302. The molecule has 1 saturated carbocycles. The van der Waals surface area contributed by atoms with Gasteiger partial charge in [0.1, 0.15) is 0 Å². The van der Waals surface area contributed by atoms with Gasteiger partial charge in [-0.05, 0) is 32.6 Å². The number of amides is 2. The summed E-state index contributed by atoms with van der Waals surface area (Å²) >= 11 is 0. The number of nitrogens with one attached hydrogen (secondary N) is 1. The molecule has 1 heterocycles. The summed E-state index contributed by atoms with van der Waals surface area (Å²) in [7, 11) is 1.67. The molecular formula is C15H28ClN3O2. The molecule has 2 rings (SSSR count). The molecule has 0 aromatic heterocycles. The standard InChI is InChI=1S/C15H27N3O2.ClH/c1-15(16)8-4-3-5-12(15)14(20)18-9-6-11(7-10-18)13(19)17-2;/h11-12H,3-10,16H2,1-2H3,(H,17,19);1H. The van der Waals surface area contributed by atoms with Crippen molar-refractivity contribution in [2.24, 2.45) is 17.6 Å². The third kappa shape index (κ3) is 4.10. The third-order valence-corrected chi connectivity index (χ3v) is 4.98. The van der Waals surface area contributed by atoms with Crippen LogP contribution in [-0.2, 0) is 9.59 Å². The SMILES string of the molecule is CNC(=O)C1CCN(C(=O)C2CCCCC2(C)N)CC1.Cl. The number of piperidine rings is 1. The lowest BCUT2D eigenvalue weighted by atomic mass is 9.73. The van der Waals surface area contributed by atoms with Crippen LogP contribution in [0.25, 0.3) is 0 Å². The van der Waals surface area contributed by atoms with Gasteiger partial charge in [0.25, 0.3) is 0 Å². The highest BCUT2D eigenvalue weighted by molar-refractivity contribution is 5.85. The summed E-state index contributed by atoms with van der Waals surface area (Å²) in [5.41, 5.74) is 5.95. The van der Waals surface area contributed by atoms with Crippen molar-refractivity contribution < 1.29 is 9.59 Å². The minimum Gasteiger partial charge on any atom is -0.359 e. The van der Waals surface area contributed by atoms with Crippen LogP contribution in [0.15, 0.2) is 0 Å². The molecule has 1 aliphatic heterocycles. The number of hydrogen-bond donors (Lipinski definition) is 2. The molecule has 0 bridgehead atoms. The van der Waals surface area contributed by atoms with E-state index in [1.165, 1.54) is 0 Å². The highest BCUT2D eigenvalue weighted by Gasteiger charge is 2.40. The predicted molar refractivity (Wildman–Crippen MR) is 85.2 cm³/mol. The first kappa shape index (κ1) is 18.2. The van der Waals surface area contributed by atoms with Crippen LogP contribution >= 0.6 is 12.4 Å². The molecule has 2 atom stereocenters. The molecule has 6 heteroatoms. The van der Waals surface area contributed by atoms with Crippen molar-refractivity contribution in [2.45, 2.75) is 51.0 Å². The van der Waals surface area contributed by atoms with E-state index in [1.807, 2.05) is 11.8 Å². The molecule has 0 aromatic rings. The number of hydrogen-bond acceptors (Lipinski definition) is 3. The lowest BCUT2D eigenvalue weighted by molar-refractivity contribution is -0.142. The van der Waals surface area contributed by atoms with Gasteiger partial charge in [-0.3, -0.25) is 9.59 Å². The molecule has 2 unspecified atom stereocenters. The Labute approximate surface area is 133 Å². The summed E-state index contributed by atoms with van der Waals surface area (Å²) in [6, 6.07) is 0. The number of rotatable bonds is 2. The van der Waals surface area contributed by atoms with Gasteiger partial charge < -0.3 is 16.0 Å². The average molecular weight is 318 g/mol. The Hall–Kier alpha value is -0.810. The zero-order valence-electron chi connectivity index (χ0n) is 13.1. The van der Waals surface area contributed by atoms with Gasteiger partial charge in [-0.15, -0.1) is 12.4 Å². The fourth-order valence-electron chi connectivity index (χ4n) is 3.55. The lowest BCUT2D eigenvalue weighted by Gasteiger charge is -2.41. The first-order chi connectivity index (χ1) is 9.45. The molecule has 0 aromatic carbocycles. The van der Waals surface area contributed by atoms with Gasteiger partial charge in [0.15, 0.2) is 0 Å². The van der Waals surface area contributed by atoms with Gasteiger partial charge in [-0.2, -0.15) is 0 Å². The van der Waals surface area contributed by atoms with E-state index in [9.17, 15) is 9.59 Å². The smallest absolute Gasteiger partial charge is 0.227 e. The van der Waals surface area contributed by atoms with Crippen LogP contribution in [0.1, 0.15) is 45.4 Å². The second-order valence-electron chi connectivity index (χ2n) is 6.52. The molecule has 21 heavy (non-hydrogen) atoms. The van der Waals surface area contributed by atoms with E-state index in [0.29, 0.717) is 13.1 Å². The van der Waals surface area contributed by atoms with E-state index in [-0.39, 0.29) is 41.6 Å². The summed E-state index contributed by atoms with van der Waals surface area (Å²) in [6.07, 6.45) is 5.57. The molecule has 2 amide bonds. The average Bonchev–Trinajstić information content (AvgIpc) is 2.45. The maximum atomic E-state index is 12.7. The predicted octanol–water partition coefficient (Wildman–Crippen LogP) is 1.30. The third-order valence-electron chi connectivity index (χ3n) is 4.98. The van der Waals surface area contributed by atoms with E-state index in [4.69, 9.17) is 5.73 Å². The molecule has 122 valence electrons. The van der Waals surface area contributed by atoms with Crippen molar-refractivity contribution in [1.29, 1.82) is 0 Å². The first-order valence-corrected chi connectivity index (χ1v) is 7.75. The minimum atomic E-state index is -0.368. The van der Waals surface area contributed by atoms with E-state index >= 15 is 0 Å². The van der Waals surface area contributed by atoms with Crippen LogP contribution in [0.4, 0.5) is 0 Å². The Kier molecular flexibility index (Phi) is 6.47. The van der Waals surface area contributed by atoms with Crippen molar-refractivity contribution >= 4 is 24.2 Å². The van der Waals surface area contributed by atoms with Crippen molar-refractivity contribution in [1.82, 2.24) is 10.2 Å². The second-order valence-corrected chi connectivity index (χ2v) is 6.52. The zero-order chi connectivity index (χ0) is 14.8. The zero-order valence-corrected chi connectivity index (χ0v) is 13.9. The van der Waals surface area contributed by atoms with Crippen molar-refractivity contribution in [3.63, 3.8) is 0 Å². The van der Waals surface area contributed by atoms with Crippen LogP contribution < -0.4 is 11.1 Å². The minimum absolute atomic E-state index is 0. The molecule has 0 spiro atoms. The Morgan fingerprint density at radius 3 is 2.33 bits per heavy atom. The summed E-state index contributed by atoms with van der Waals surface area (Å²) in [6.45, 7) is 3.37. The molecule has 1 saturated heterocycles. The molecule has 2 aliphatic rings. The number of carbonyl (C=O) groups is 2. The van der Waals surface area contributed by atoms with Crippen molar-refractivity contribution in [3.05, 3.63) is 0 Å². The fraction of sp³-hybridized carbons (Fsp3) is 0.867. The van der Waals surface area contributed by atoms with Gasteiger partial charge in [-0.1, -0.05) is 12.8 Å². The molecule has 5 nitrogen and oxygen atoms in total. The normalized spacial score (nSPS) is 30.4. The number of nitrogens with zero attached hydrogens (tertiary/aromatic N) is 1. The molecule has 2 fully saturated rings. The highest BCUT2D eigenvalue weighted by Crippen LogP contribution is 2.33. The van der Waals surface area contributed by atoms with E-state index in [1.54, 1.807) is 7.05 Å². The summed E-state index contributed by atoms with van der Waals surface area (Å²) in [4.78, 5) is 26.2. The number of carbonyl (C=O) groups excluding carboxylic acids is 2. The summed E-state index contributed by atoms with van der Waals surface area (Å²) in [5, 5.41) is 2.69. The number of halogens is 1. The van der Waals surface area contributed by atoms with Gasteiger partial charge in [0.05, 0.1) is 5.92 Å². The quantitative estimate of drug-likeness (QED) is 0.806. The topological polar surface area (TPSA) is 75.4 Å². The molecule has 1 aliphatic carbocycles. The van der Waals surface area contributed by atoms with Crippen LogP contribution in [0.5, 0.6) is 0 Å².